The number of hydrogen-bond donors (Lipinski definition) is 19. The molecule has 20 aliphatic carbocycles. The summed E-state index contributed by atoms with van der Waals surface area (Å²) in [7, 11) is 0. The smallest absolute Gasteiger partial charge is 0.164 e. The molecule has 1 heterocycles. The number of fused-ring (bicyclic) bond motifs is 25. The second-order valence-corrected chi connectivity index (χ2v) is 62.8. The fourth-order valence-electron chi connectivity index (χ4n) is 46.8. The van der Waals surface area contributed by atoms with Crippen molar-refractivity contribution in [2.45, 2.75) is 491 Å². The summed E-state index contributed by atoms with van der Waals surface area (Å²) in [5, 5.41) is 214. The van der Waals surface area contributed by atoms with Crippen molar-refractivity contribution in [2.24, 2.45) is 219 Å². The maximum absolute atomic E-state index is 12.1. The molecule has 17 saturated carbocycles. The van der Waals surface area contributed by atoms with E-state index in [1.54, 1.807) is 5.57 Å². The van der Waals surface area contributed by atoms with Crippen molar-refractivity contribution < 1.29 is 102 Å². The maximum atomic E-state index is 12.1. The van der Waals surface area contributed by atoms with Crippen LogP contribution in [0, 0.1) is 219 Å². The van der Waals surface area contributed by atoms with Crippen LogP contribution in [-0.2, 0) is 4.74 Å². The second-order valence-electron chi connectivity index (χ2n) is 62.8. The largest absolute Gasteiger partial charge is 0.396 e. The van der Waals surface area contributed by atoms with Crippen LogP contribution in [0.15, 0.2) is 34.9 Å². The monoisotopic (exact) mass is 2020 g/mol. The van der Waals surface area contributed by atoms with E-state index in [1.165, 1.54) is 18.4 Å². The van der Waals surface area contributed by atoms with Gasteiger partial charge in [0.05, 0.1) is 123 Å². The van der Waals surface area contributed by atoms with Crippen molar-refractivity contribution in [2.75, 3.05) is 26.4 Å². The summed E-state index contributed by atoms with van der Waals surface area (Å²) in [5.74, 6) is 2.67. The molecule has 50 atom stereocenters. The van der Waals surface area contributed by atoms with Crippen LogP contribution in [0.2, 0.25) is 0 Å². The molecule has 21 aliphatic rings. The van der Waals surface area contributed by atoms with Crippen LogP contribution in [0.5, 0.6) is 0 Å². The van der Waals surface area contributed by atoms with Crippen molar-refractivity contribution in [3.8, 4) is 0 Å². The molecule has 1 aliphatic heterocycles. The van der Waals surface area contributed by atoms with Gasteiger partial charge in [0.2, 0.25) is 0 Å². The molecule has 0 amide bonds. The quantitative estimate of drug-likeness (QED) is 0.114. The summed E-state index contributed by atoms with van der Waals surface area (Å²) < 4.78 is 6.87. The van der Waals surface area contributed by atoms with E-state index < -0.39 is 128 Å². The first-order valence-corrected chi connectivity index (χ1v) is 58.6. The number of aliphatic hydroxyl groups excluding tert-OH is 19. The lowest BCUT2D eigenvalue weighted by molar-refractivity contribution is -0.309. The van der Waals surface area contributed by atoms with Crippen LogP contribution >= 0.6 is 0 Å². The minimum absolute atomic E-state index is 0.00692. The zero-order chi connectivity index (χ0) is 107. The Morgan fingerprint density at radius 3 is 1.11 bits per heavy atom. The van der Waals surface area contributed by atoms with Crippen molar-refractivity contribution in [1.82, 2.24) is 0 Å². The number of rotatable bonds is 5. The molecule has 18 fully saturated rings. The van der Waals surface area contributed by atoms with Crippen molar-refractivity contribution in [3.63, 3.8) is 0 Å². The van der Waals surface area contributed by atoms with E-state index in [-0.39, 0.29) is 184 Å². The minimum Gasteiger partial charge on any atom is -0.396 e. The molecule has 824 valence electrons. The predicted octanol–water partition coefficient (Wildman–Crippen LogP) is 17.9. The van der Waals surface area contributed by atoms with E-state index in [0.29, 0.717) is 68.1 Å². The zero-order valence-corrected chi connectivity index (χ0v) is 95.3. The molecule has 0 aromatic carbocycles. The Bertz CT molecular complexity index is 4940. The number of allylic oxidation sites excluding steroid dienone is 5. The third kappa shape index (κ3) is 13.4. The first-order valence-electron chi connectivity index (χ1n) is 58.6. The van der Waals surface area contributed by atoms with E-state index in [0.717, 1.165) is 140 Å². The first kappa shape index (κ1) is 112. The lowest BCUT2D eigenvalue weighted by Crippen LogP contribution is -2.75. The second kappa shape index (κ2) is 34.5. The molecular weight excluding hydrogens is 1810 g/mol. The van der Waals surface area contributed by atoms with Crippen LogP contribution in [0.1, 0.15) is 394 Å². The van der Waals surface area contributed by atoms with Gasteiger partial charge >= 0.3 is 0 Å². The van der Waals surface area contributed by atoms with E-state index >= 15 is 0 Å². The Balaban J connectivity index is 0.000000126. The van der Waals surface area contributed by atoms with E-state index in [9.17, 15) is 97.0 Å². The minimum atomic E-state index is -1.15. The van der Waals surface area contributed by atoms with Gasteiger partial charge in [0, 0.05) is 49.2 Å². The highest BCUT2D eigenvalue weighted by Crippen LogP contribution is 2.86. The van der Waals surface area contributed by atoms with Crippen LogP contribution < -0.4 is 0 Å². The summed E-state index contributed by atoms with van der Waals surface area (Å²) in [5.41, 5.74) is -3.45. The zero-order valence-electron chi connectivity index (χ0n) is 95.3. The summed E-state index contributed by atoms with van der Waals surface area (Å²) in [6.07, 6.45) is 22.3. The third-order valence-electron chi connectivity index (χ3n) is 57.0. The molecule has 144 heavy (non-hydrogen) atoms. The number of ether oxygens (including phenoxy) is 1. The highest BCUT2D eigenvalue weighted by Gasteiger charge is 2.86. The SMILES string of the molecule is CC[C@@]12C(CC(C)(C)[C@@H](O)[C@@H]1O)C1=CCC3[C@@]4(C)CC[C@H](O)[C@](C)(CO)C4CC[C@@]3(C)[C@]1(C)[C@@H](O)[C@H]2O.C[C@H]1[C@H](O)C(C)(C)CC2C3=CCC4[C@@]5(C)CC[C@H](O)C(C)(C)C5CC[C@@]4(C)[C@]3(C)C[C@@H](O)[C@]21C.C[C@H]1[C@H](O)C(C)(C)CC2C3=CCC4[C@@]5(C)CC[C@H](O)[C@](C)(CO)C5CC[C@@]4(C)[C@]3(C)C[C@@H](O)[C@]21CO.C[C@H]1[C@H](O)C(C)(C)CC2[C@@]13[C@H](O)C[C@]1(C)[C@@]2(CCC2[C@@]4(C)CC[C@H](O)[C@](C)(CO)C4CC[C@]21C)O[C@@H]3O. The highest BCUT2D eigenvalue weighted by molar-refractivity contribution is 5.42. The summed E-state index contributed by atoms with van der Waals surface area (Å²) in [6, 6.07) is 0. The van der Waals surface area contributed by atoms with Gasteiger partial charge < -0.3 is 102 Å². The molecule has 0 aromatic rings. The molecule has 0 aromatic heterocycles. The molecule has 20 heteroatoms. The Labute approximate surface area is 868 Å². The Morgan fingerprint density at radius 2 is 0.646 bits per heavy atom. The van der Waals surface area contributed by atoms with E-state index in [1.807, 2.05) is 41.5 Å². The standard InChI is InChI=1S/2C31H52O6.C31H52O5.C31H52O3/c1-17-23(35)25(2,3)14-20-30-13-9-19-26(4)11-10-21(33)27(5,16-32)18(26)8-12-28(19,6)29(30,7)15-22(34)31(17,20)24(36)37-30;1-8-31-18(15-26(2,3)22(34)24(31)36)17-9-10-20-27(4)13-12-21(33)28(5,16-32)19(27)11-14-29(20,6)30(17,7)23(35)25(31)37;1-18-25(36)26(2,3)14-20-19-8-9-22-27(4)12-11-23(34)28(5,16-32)21(27)10-13-29(22,6)30(19,7)15-24(35)31(18,20)17-33;1-18-25(34)26(2,3)16-20-19-10-11-22-28(6)14-13-23(32)27(4,5)21(28)12-15-29(22,7)30(19,8)17-24(33)31(18,20)9/h17-24,32-36H,8-16H2,1-7H3;9,18-25,32-37H,8,10-16H2,1-7H3;8,18,20-25,32-36H,9-17H2,1-7H3;10,18,20-25,32-34H,11-17H2,1-9H3/t17-,18?,19?,20?,21-,22+,23-,24-,26-,27+,28+,29-,30-,31+;18?,19?,20?,21-,22-,23-,24-,25+,27-,28+,29+,30-,31+;18-,20?,21?,22?,23-,24+,25-,27-,28+,29+,30+,31-;18-,20?,21?,22?,23-,24+,25-,28-,29+,30+,31-/m0000/s1. The van der Waals surface area contributed by atoms with Crippen LogP contribution in [0.4, 0.5) is 0 Å². The molecule has 2 bridgehead atoms. The van der Waals surface area contributed by atoms with E-state index in [2.05, 4.69) is 184 Å². The molecule has 12 unspecified atom stereocenters. The van der Waals surface area contributed by atoms with Gasteiger partial charge in [0.15, 0.2) is 6.29 Å². The fourth-order valence-corrected chi connectivity index (χ4v) is 46.8. The van der Waals surface area contributed by atoms with E-state index in [4.69, 9.17) is 4.74 Å². The van der Waals surface area contributed by atoms with Crippen LogP contribution in [0.25, 0.3) is 0 Å². The van der Waals surface area contributed by atoms with Gasteiger partial charge in [0.25, 0.3) is 0 Å². The van der Waals surface area contributed by atoms with Gasteiger partial charge in [0.1, 0.15) is 0 Å². The molecular formula is C124H208O20. The van der Waals surface area contributed by atoms with Crippen LogP contribution in [-0.4, -0.2) is 221 Å². The summed E-state index contributed by atoms with van der Waals surface area (Å²) in [4.78, 5) is 0. The van der Waals surface area contributed by atoms with Gasteiger partial charge in [-0.15, -0.1) is 0 Å². The molecule has 19 N–H and O–H groups in total. The van der Waals surface area contributed by atoms with Gasteiger partial charge in [-0.2, -0.15) is 0 Å². The summed E-state index contributed by atoms with van der Waals surface area (Å²) >= 11 is 0. The van der Waals surface area contributed by atoms with Crippen LogP contribution in [0.3, 0.4) is 0 Å². The molecule has 20 nitrogen and oxygen atoms in total. The first-order chi connectivity index (χ1) is 66.1. The maximum Gasteiger partial charge on any atom is 0.164 e. The van der Waals surface area contributed by atoms with Crippen molar-refractivity contribution in [3.05, 3.63) is 34.9 Å². The average Bonchev–Trinajstić information content (AvgIpc) is 1.47. The van der Waals surface area contributed by atoms with Gasteiger partial charge in [-0.25, -0.2) is 0 Å². The third-order valence-corrected chi connectivity index (χ3v) is 57.0. The summed E-state index contributed by atoms with van der Waals surface area (Å²) in [6.45, 7) is 67.0. The molecule has 21 rings (SSSR count). The molecule has 1 saturated heterocycles. The molecule has 0 radical (unpaired) electrons. The Kier molecular flexibility index (Phi) is 26.8. The number of aliphatic hydroxyl groups is 19. The fraction of sp³-hybridized carbons (Fsp3) is 0.952. The van der Waals surface area contributed by atoms with Crippen molar-refractivity contribution >= 4 is 0 Å². The lowest BCUT2D eigenvalue weighted by Gasteiger charge is -2.75. The Morgan fingerprint density at radius 1 is 0.285 bits per heavy atom. The predicted molar refractivity (Wildman–Crippen MR) is 561 cm³/mol. The van der Waals surface area contributed by atoms with Crippen molar-refractivity contribution in [1.29, 1.82) is 0 Å². The van der Waals surface area contributed by atoms with Gasteiger partial charge in [-0.05, 0) is 350 Å². The topological polar surface area (TPSA) is 394 Å². The molecule has 1 spiro atoms. The average molecular weight is 2020 g/mol. The highest BCUT2D eigenvalue weighted by atomic mass is 16.6. The van der Waals surface area contributed by atoms with Gasteiger partial charge in [-0.3, -0.25) is 0 Å². The normalized spacial score (nSPS) is 59.9. The number of hydrogen-bond acceptors (Lipinski definition) is 20. The lowest BCUT2D eigenvalue weighted by atomic mass is 9.30. The Hall–Kier alpha value is -1.58. The van der Waals surface area contributed by atoms with Gasteiger partial charge in [-0.1, -0.05) is 243 Å².